The van der Waals surface area contributed by atoms with Gasteiger partial charge in [0, 0.05) is 0 Å². The molecule has 1 aromatic rings. The molecule has 2 radical (unpaired) electrons. The zero-order chi connectivity index (χ0) is 15.1. The van der Waals surface area contributed by atoms with Crippen LogP contribution in [-0.2, 0) is 0 Å². The Morgan fingerprint density at radius 2 is 1.67 bits per heavy atom. The molecule has 5 N–H and O–H groups in total. The number of hydrogen-bond acceptors (Lipinski definition) is 5. The van der Waals surface area contributed by atoms with Crippen LogP contribution in [0.2, 0.25) is 0 Å². The number of hydrogen-bond donors (Lipinski definition) is 3. The summed E-state index contributed by atoms with van der Waals surface area (Å²) in [6, 6.07) is 1.83. The molecular weight excluding hydrogens is 373 g/mol. The summed E-state index contributed by atoms with van der Waals surface area (Å²) in [4.78, 5) is 25.6. The summed E-state index contributed by atoms with van der Waals surface area (Å²) in [6.07, 6.45) is 7.18. The molecule has 0 aliphatic heterocycles. The van der Waals surface area contributed by atoms with Crippen LogP contribution in [-0.4, -0.2) is 40.0 Å². The van der Waals surface area contributed by atoms with Crippen LogP contribution < -0.4 is 18.6 Å². The van der Waals surface area contributed by atoms with E-state index in [0.717, 1.165) is 3.58 Å². The van der Waals surface area contributed by atoms with Crippen molar-refractivity contribution in [1.82, 2.24) is 0 Å². The number of nitrogens with two attached hydrogens (primary N) is 2. The molecule has 0 saturated heterocycles. The number of nitrogen functional groups attached to an aromatic ring is 1. The van der Waals surface area contributed by atoms with Crippen LogP contribution in [0.5, 0.6) is 0 Å². The summed E-state index contributed by atoms with van der Waals surface area (Å²) < 4.78 is 6.70. The number of rotatable bonds is 2. The molecule has 5 nitrogen and oxygen atoms in total. The van der Waals surface area contributed by atoms with Crippen molar-refractivity contribution in [3.63, 3.8) is 0 Å². The molecule has 2 aliphatic rings. The third-order valence-electron chi connectivity index (χ3n) is 4.03. The van der Waals surface area contributed by atoms with Gasteiger partial charge in [0.05, 0.1) is 0 Å². The summed E-state index contributed by atoms with van der Waals surface area (Å²) in [5, 5.41) is 3.00. The first kappa shape index (κ1) is 14.3. The van der Waals surface area contributed by atoms with Crippen LogP contribution in [0.15, 0.2) is 30.4 Å². The number of allylic oxidation sites excluding steroid dienone is 4. The van der Waals surface area contributed by atoms with Crippen LogP contribution in [0.1, 0.15) is 20.7 Å². The van der Waals surface area contributed by atoms with Crippen molar-refractivity contribution < 1.29 is 9.59 Å². The number of ketones is 2. The van der Waals surface area contributed by atoms with Gasteiger partial charge in [-0.15, -0.1) is 0 Å². The minimum absolute atomic E-state index is 0.0554. The maximum absolute atomic E-state index is 12.8. The topological polar surface area (TPSA) is 98.2 Å². The number of carbonyl (C=O) groups excluding carboxylic acids is 2. The second kappa shape index (κ2) is 5.31. The van der Waals surface area contributed by atoms with Gasteiger partial charge >= 0.3 is 133 Å². The van der Waals surface area contributed by atoms with Crippen molar-refractivity contribution in [3.8, 4) is 0 Å². The van der Waals surface area contributed by atoms with Gasteiger partial charge in [-0.3, -0.25) is 0 Å². The molecule has 6 heteroatoms. The zero-order valence-corrected chi connectivity index (χ0v) is 14.4. The SMILES string of the molecule is CNc1c[c]([Sn][NH2])c(N)c2c1C(=O)C1C=CC=CC1C2=O. The quantitative estimate of drug-likeness (QED) is 0.499. The van der Waals surface area contributed by atoms with Crippen LogP contribution in [0.3, 0.4) is 0 Å². The monoisotopic (exact) mass is 389 g/mol. The molecule has 0 fully saturated rings. The zero-order valence-electron chi connectivity index (χ0n) is 11.5. The fraction of sp³-hybridized carbons (Fsp3) is 0.200. The predicted octanol–water partition coefficient (Wildman–Crippen LogP) is 0.251. The molecule has 3 rings (SSSR count). The van der Waals surface area contributed by atoms with E-state index in [9.17, 15) is 9.59 Å². The Morgan fingerprint density at radius 3 is 2.19 bits per heavy atom. The second-order valence-corrected chi connectivity index (χ2v) is 7.44. The molecule has 2 aliphatic carbocycles. The normalized spacial score (nSPS) is 23.0. The van der Waals surface area contributed by atoms with Crippen molar-refractivity contribution in [1.29, 1.82) is 0 Å². The van der Waals surface area contributed by atoms with E-state index in [-0.39, 0.29) is 11.6 Å². The summed E-state index contributed by atoms with van der Waals surface area (Å²) in [5.74, 6) is -1.01. The Morgan fingerprint density at radius 1 is 1.10 bits per heavy atom. The van der Waals surface area contributed by atoms with E-state index in [1.807, 2.05) is 12.1 Å². The molecule has 0 bridgehead atoms. The van der Waals surface area contributed by atoms with Gasteiger partial charge in [-0.05, 0) is 0 Å². The maximum atomic E-state index is 12.8. The third-order valence-corrected chi connectivity index (χ3v) is 6.09. The fourth-order valence-electron chi connectivity index (χ4n) is 2.97. The van der Waals surface area contributed by atoms with Crippen molar-refractivity contribution in [2.24, 2.45) is 15.8 Å². The number of nitrogens with one attached hydrogen (secondary N) is 1. The summed E-state index contributed by atoms with van der Waals surface area (Å²) in [5.41, 5.74) is 7.96. The molecule has 2 atom stereocenters. The van der Waals surface area contributed by atoms with Gasteiger partial charge in [0.25, 0.3) is 0 Å². The Labute approximate surface area is 133 Å². The first-order chi connectivity index (χ1) is 10.1. The fourth-order valence-corrected chi connectivity index (χ4v) is 4.42. The van der Waals surface area contributed by atoms with Gasteiger partial charge in [-0.2, -0.15) is 0 Å². The summed E-state index contributed by atoms with van der Waals surface area (Å²) in [6.45, 7) is 0. The van der Waals surface area contributed by atoms with E-state index in [1.165, 1.54) is 0 Å². The number of fused-ring (bicyclic) bond motifs is 2. The molecule has 1 aromatic carbocycles. The Balaban J connectivity index is 2.31. The van der Waals surface area contributed by atoms with Gasteiger partial charge in [0.1, 0.15) is 0 Å². The number of benzene rings is 1. The third kappa shape index (κ3) is 2.03. The Kier molecular flexibility index (Phi) is 3.62. The molecule has 0 aromatic heterocycles. The van der Waals surface area contributed by atoms with E-state index in [2.05, 4.69) is 5.32 Å². The second-order valence-electron chi connectivity index (χ2n) is 5.08. The number of carbonyl (C=O) groups is 2. The van der Waals surface area contributed by atoms with Crippen molar-refractivity contribution >= 4 is 47.9 Å². The van der Waals surface area contributed by atoms with Gasteiger partial charge in [-0.1, -0.05) is 0 Å². The first-order valence-electron chi connectivity index (χ1n) is 6.64. The first-order valence-corrected chi connectivity index (χ1v) is 9.72. The van der Waals surface area contributed by atoms with Crippen LogP contribution >= 0.6 is 0 Å². The standard InChI is InChI=1S/C15H13N2O2.H2N.Sn/c1-17-11-7-6-10(16)12-13(11)15(19)9-5-3-2-4-8(9)14(12)18;;/h2-5,7-9,17H,16H2,1H3;1H2;/q;-1;+1. The van der Waals surface area contributed by atoms with Crippen molar-refractivity contribution in [2.45, 2.75) is 0 Å². The van der Waals surface area contributed by atoms with E-state index in [4.69, 9.17) is 9.69 Å². The van der Waals surface area contributed by atoms with Crippen molar-refractivity contribution in [2.75, 3.05) is 18.1 Å². The number of anilines is 2. The summed E-state index contributed by atoms with van der Waals surface area (Å²) in [7, 11) is 1.73. The summed E-state index contributed by atoms with van der Waals surface area (Å²) >= 11 is -1.31. The van der Waals surface area contributed by atoms with Crippen LogP contribution in [0.25, 0.3) is 0 Å². The van der Waals surface area contributed by atoms with Gasteiger partial charge in [0.15, 0.2) is 0 Å². The van der Waals surface area contributed by atoms with Gasteiger partial charge < -0.3 is 0 Å². The minimum atomic E-state index is -1.31. The van der Waals surface area contributed by atoms with Gasteiger partial charge in [0.2, 0.25) is 0 Å². The molecular formula is C15H15N3O2Sn. The number of Topliss-reactive ketones (excluding diaryl/α,β-unsaturated/α-hetero) is 2. The molecule has 0 spiro atoms. The van der Waals surface area contributed by atoms with Gasteiger partial charge in [-0.25, -0.2) is 0 Å². The predicted molar refractivity (Wildman–Crippen MR) is 83.9 cm³/mol. The molecule has 0 heterocycles. The van der Waals surface area contributed by atoms with E-state index in [0.29, 0.717) is 22.5 Å². The molecule has 2 unspecified atom stereocenters. The molecule has 0 saturated carbocycles. The van der Waals surface area contributed by atoms with Crippen LogP contribution in [0, 0.1) is 11.8 Å². The molecule has 106 valence electrons. The molecule has 0 amide bonds. The van der Waals surface area contributed by atoms with Crippen molar-refractivity contribution in [3.05, 3.63) is 41.5 Å². The van der Waals surface area contributed by atoms with E-state index in [1.54, 1.807) is 25.3 Å². The Bertz CT molecular complexity index is 709. The van der Waals surface area contributed by atoms with E-state index < -0.39 is 33.3 Å². The van der Waals surface area contributed by atoms with E-state index >= 15 is 0 Å². The Hall–Kier alpha value is -1.60. The van der Waals surface area contributed by atoms with Crippen LogP contribution in [0.4, 0.5) is 11.4 Å². The average molecular weight is 388 g/mol. The average Bonchev–Trinajstić information content (AvgIpc) is 2.52. The molecule has 21 heavy (non-hydrogen) atoms.